The second-order valence-corrected chi connectivity index (χ2v) is 11.6. The molecule has 7 nitrogen and oxygen atoms in total. The number of halogens is 4. The molecule has 0 unspecified atom stereocenters. The van der Waals surface area contributed by atoms with Gasteiger partial charge in [0.2, 0.25) is 10.0 Å². The Hall–Kier alpha value is -2.70. The minimum atomic E-state index is -4.80. The topological polar surface area (TPSA) is 64.2 Å². The third-order valence-corrected chi connectivity index (χ3v) is 8.36. The fraction of sp³-hybridized carbons (Fsp3) is 0.500. The van der Waals surface area contributed by atoms with Gasteiger partial charge in [-0.2, -0.15) is 17.5 Å². The fourth-order valence-electron chi connectivity index (χ4n) is 5.03. The standard InChI is InChI=1S/C26H34F4N4O3S/c1-5-7-8-20(6-2)21-17-33(25(35)32-11-13-34(14-12-32)38(4,36)37)18-24(21)31(3)16-19-9-10-23(27)22(15-19)26(28,29)30/h5-10,15,21,24H,1,11-14,16-18H2,2-4H3/b8-7-,20-6+/t21-,24+/m1/s1. The minimum Gasteiger partial charge on any atom is -0.322 e. The van der Waals surface area contributed by atoms with Gasteiger partial charge in [-0.05, 0) is 37.2 Å². The number of carbonyl (C=O) groups is 1. The van der Waals surface area contributed by atoms with Crippen LogP contribution in [-0.2, 0) is 22.7 Å². The van der Waals surface area contributed by atoms with E-state index in [1.54, 1.807) is 29.0 Å². The van der Waals surface area contributed by atoms with Crippen molar-refractivity contribution in [3.05, 3.63) is 71.6 Å². The molecule has 210 valence electrons. The summed E-state index contributed by atoms with van der Waals surface area (Å²) in [5, 5.41) is 0. The molecule has 1 aromatic rings. The van der Waals surface area contributed by atoms with Crippen LogP contribution in [0, 0.1) is 11.7 Å². The van der Waals surface area contributed by atoms with Gasteiger partial charge in [0, 0.05) is 57.8 Å². The van der Waals surface area contributed by atoms with E-state index < -0.39 is 27.6 Å². The van der Waals surface area contributed by atoms with E-state index in [4.69, 9.17) is 0 Å². The van der Waals surface area contributed by atoms with Crippen molar-refractivity contribution >= 4 is 16.1 Å². The van der Waals surface area contributed by atoms with Crippen LogP contribution in [0.15, 0.2) is 54.7 Å². The van der Waals surface area contributed by atoms with Crippen LogP contribution in [0.2, 0.25) is 0 Å². The molecule has 2 fully saturated rings. The maximum absolute atomic E-state index is 13.8. The second-order valence-electron chi connectivity index (χ2n) is 9.62. The average molecular weight is 559 g/mol. The van der Waals surface area contributed by atoms with Gasteiger partial charge in [0.05, 0.1) is 11.8 Å². The molecule has 2 amide bonds. The van der Waals surface area contributed by atoms with E-state index in [2.05, 4.69) is 6.58 Å². The highest BCUT2D eigenvalue weighted by Gasteiger charge is 2.41. The van der Waals surface area contributed by atoms with Crippen LogP contribution in [0.4, 0.5) is 22.4 Å². The van der Waals surface area contributed by atoms with Crippen molar-refractivity contribution in [2.75, 3.05) is 52.6 Å². The van der Waals surface area contributed by atoms with E-state index in [-0.39, 0.29) is 50.7 Å². The predicted molar refractivity (Wildman–Crippen MR) is 138 cm³/mol. The zero-order chi connectivity index (χ0) is 28.3. The lowest BCUT2D eigenvalue weighted by molar-refractivity contribution is -0.140. The number of alkyl halides is 3. The van der Waals surface area contributed by atoms with Crippen LogP contribution in [0.3, 0.4) is 0 Å². The number of amides is 2. The molecular weight excluding hydrogens is 524 g/mol. The van der Waals surface area contributed by atoms with E-state index >= 15 is 0 Å². The van der Waals surface area contributed by atoms with Crippen LogP contribution in [0.25, 0.3) is 0 Å². The molecule has 38 heavy (non-hydrogen) atoms. The lowest BCUT2D eigenvalue weighted by Gasteiger charge is -2.35. The number of carbonyl (C=O) groups excluding carboxylic acids is 1. The van der Waals surface area contributed by atoms with E-state index in [1.165, 1.54) is 10.4 Å². The highest BCUT2D eigenvalue weighted by atomic mass is 32.2. The normalized spacial score (nSPS) is 22.1. The number of piperazine rings is 1. The highest BCUT2D eigenvalue weighted by Crippen LogP contribution is 2.34. The Morgan fingerprint density at radius 3 is 2.37 bits per heavy atom. The molecule has 0 bridgehead atoms. The summed E-state index contributed by atoms with van der Waals surface area (Å²) >= 11 is 0. The van der Waals surface area contributed by atoms with Gasteiger partial charge in [-0.15, -0.1) is 0 Å². The molecule has 0 aromatic heterocycles. The second kappa shape index (κ2) is 12.0. The summed E-state index contributed by atoms with van der Waals surface area (Å²) in [5.41, 5.74) is -0.0428. The first-order valence-corrected chi connectivity index (χ1v) is 14.1. The molecule has 12 heteroatoms. The summed E-state index contributed by atoms with van der Waals surface area (Å²) in [6.45, 7) is 7.42. The predicted octanol–water partition coefficient (Wildman–Crippen LogP) is 3.96. The number of sulfonamides is 1. The maximum Gasteiger partial charge on any atom is 0.419 e. The van der Waals surface area contributed by atoms with Crippen LogP contribution < -0.4 is 0 Å². The molecule has 0 aliphatic carbocycles. The highest BCUT2D eigenvalue weighted by molar-refractivity contribution is 7.88. The van der Waals surface area contributed by atoms with E-state index in [0.29, 0.717) is 18.7 Å². The number of rotatable bonds is 7. The van der Waals surface area contributed by atoms with Crippen molar-refractivity contribution < 1.29 is 30.8 Å². The van der Waals surface area contributed by atoms with Crippen molar-refractivity contribution in [3.8, 4) is 0 Å². The maximum atomic E-state index is 13.8. The number of urea groups is 1. The Labute approximate surface area is 221 Å². The van der Waals surface area contributed by atoms with Crippen LogP contribution >= 0.6 is 0 Å². The number of benzene rings is 1. The summed E-state index contributed by atoms with van der Waals surface area (Å²) in [6.07, 6.45) is 3.60. The monoisotopic (exact) mass is 558 g/mol. The van der Waals surface area contributed by atoms with Gasteiger partial charge in [0.25, 0.3) is 0 Å². The number of hydrogen-bond donors (Lipinski definition) is 0. The van der Waals surface area contributed by atoms with Crippen LogP contribution in [0.1, 0.15) is 18.1 Å². The van der Waals surface area contributed by atoms with Gasteiger partial charge < -0.3 is 9.80 Å². The van der Waals surface area contributed by atoms with Gasteiger partial charge in [-0.25, -0.2) is 17.6 Å². The Kier molecular flexibility index (Phi) is 9.43. The lowest BCUT2D eigenvalue weighted by Crippen LogP contribution is -2.53. The molecule has 2 aliphatic heterocycles. The summed E-state index contributed by atoms with van der Waals surface area (Å²) < 4.78 is 78.5. The molecular formula is C26H34F4N4O3S. The molecule has 1 aromatic carbocycles. The first kappa shape index (κ1) is 29.9. The molecule has 2 aliphatic rings. The average Bonchev–Trinajstić information content (AvgIpc) is 3.29. The van der Waals surface area contributed by atoms with Crippen LogP contribution in [0.5, 0.6) is 0 Å². The van der Waals surface area contributed by atoms with Crippen molar-refractivity contribution in [1.82, 2.24) is 19.0 Å². The number of hydrogen-bond acceptors (Lipinski definition) is 4. The molecule has 0 saturated carbocycles. The number of allylic oxidation sites excluding steroid dienone is 4. The van der Waals surface area contributed by atoms with E-state index in [9.17, 15) is 30.8 Å². The van der Waals surface area contributed by atoms with E-state index in [0.717, 1.165) is 24.0 Å². The lowest BCUT2D eigenvalue weighted by atomic mass is 9.92. The quantitative estimate of drug-likeness (QED) is 0.376. The number of likely N-dealkylation sites (N-methyl/N-ethyl adjacent to an activating group) is 1. The third-order valence-electron chi connectivity index (χ3n) is 7.06. The van der Waals surface area contributed by atoms with Crippen molar-refractivity contribution in [2.45, 2.75) is 25.7 Å². The smallest absolute Gasteiger partial charge is 0.322 e. The number of nitrogens with zero attached hydrogens (tertiary/aromatic N) is 4. The van der Waals surface area contributed by atoms with Crippen molar-refractivity contribution in [2.24, 2.45) is 5.92 Å². The molecule has 2 atom stereocenters. The molecule has 0 spiro atoms. The molecule has 0 radical (unpaired) electrons. The minimum absolute atomic E-state index is 0.127. The van der Waals surface area contributed by atoms with Crippen LogP contribution in [-0.4, -0.2) is 92.1 Å². The van der Waals surface area contributed by atoms with Gasteiger partial charge in [0.1, 0.15) is 5.82 Å². The Morgan fingerprint density at radius 2 is 1.82 bits per heavy atom. The summed E-state index contributed by atoms with van der Waals surface area (Å²) in [7, 11) is -1.56. The summed E-state index contributed by atoms with van der Waals surface area (Å²) in [5.74, 6) is -1.45. The van der Waals surface area contributed by atoms with Gasteiger partial charge >= 0.3 is 12.2 Å². The Bertz CT molecular complexity index is 1190. The first-order chi connectivity index (χ1) is 17.8. The zero-order valence-corrected chi connectivity index (χ0v) is 22.6. The molecule has 3 rings (SSSR count). The van der Waals surface area contributed by atoms with Gasteiger partial charge in [-0.3, -0.25) is 4.90 Å². The summed E-state index contributed by atoms with van der Waals surface area (Å²) in [6, 6.07) is 2.56. The van der Waals surface area contributed by atoms with Crippen molar-refractivity contribution in [1.29, 1.82) is 0 Å². The number of likely N-dealkylation sites (tertiary alicyclic amines) is 1. The van der Waals surface area contributed by atoms with Gasteiger partial charge in [-0.1, -0.05) is 36.9 Å². The van der Waals surface area contributed by atoms with Crippen molar-refractivity contribution in [3.63, 3.8) is 0 Å². The molecule has 2 heterocycles. The first-order valence-electron chi connectivity index (χ1n) is 12.3. The molecule has 0 N–H and O–H groups in total. The Balaban J connectivity index is 1.81. The zero-order valence-electron chi connectivity index (χ0n) is 21.8. The third kappa shape index (κ3) is 7.03. The van der Waals surface area contributed by atoms with Gasteiger partial charge in [0.15, 0.2) is 0 Å². The SMILES string of the molecule is C=C/C=C\C(=C/C)[C@H]1CN(C(=O)N2CCN(S(C)(=O)=O)CC2)C[C@@H]1N(C)Cc1ccc(F)c(C(F)(F)F)c1. The molecule has 2 saturated heterocycles. The summed E-state index contributed by atoms with van der Waals surface area (Å²) in [4.78, 5) is 18.6. The fourth-order valence-corrected chi connectivity index (χ4v) is 5.86. The largest absolute Gasteiger partial charge is 0.419 e. The Morgan fingerprint density at radius 1 is 1.16 bits per heavy atom. The van der Waals surface area contributed by atoms with E-state index in [1.807, 2.05) is 24.0 Å².